The second-order valence-corrected chi connectivity index (χ2v) is 9.23. The number of rotatable bonds is 5. The third-order valence-electron chi connectivity index (χ3n) is 5.17. The maximum Gasteiger partial charge on any atom is 0.437 e. The molecule has 1 saturated heterocycles. The van der Waals surface area contributed by atoms with Crippen LogP contribution in [-0.2, 0) is 21.4 Å². The zero-order chi connectivity index (χ0) is 22.7. The summed E-state index contributed by atoms with van der Waals surface area (Å²) >= 11 is 0. The van der Waals surface area contributed by atoms with Crippen molar-refractivity contribution in [3.63, 3.8) is 0 Å². The molecule has 0 saturated carbocycles. The van der Waals surface area contributed by atoms with Gasteiger partial charge in [0.2, 0.25) is 21.8 Å². The molecular formula is C21H21FN4O5S. The third-order valence-corrected chi connectivity index (χ3v) is 7.08. The number of nitrogens with zero attached hydrogens (tertiary/aromatic N) is 4. The number of amides is 1. The maximum absolute atomic E-state index is 13.1. The van der Waals surface area contributed by atoms with Gasteiger partial charge in [0.05, 0.1) is 4.90 Å². The molecule has 0 bridgehead atoms. The van der Waals surface area contributed by atoms with Crippen molar-refractivity contribution in [2.75, 3.05) is 26.2 Å². The lowest BCUT2D eigenvalue weighted by atomic mass is 10.2. The predicted octanol–water partition coefficient (Wildman–Crippen LogP) is 1.57. The molecule has 0 spiro atoms. The molecule has 0 N–H and O–H groups in total. The van der Waals surface area contributed by atoms with Crippen LogP contribution in [0, 0.1) is 5.82 Å². The molecular weight excluding hydrogens is 439 g/mol. The van der Waals surface area contributed by atoms with Crippen molar-refractivity contribution in [2.24, 2.45) is 0 Å². The van der Waals surface area contributed by atoms with E-state index >= 15 is 0 Å². The molecule has 11 heteroatoms. The fraction of sp³-hybridized carbons (Fsp3) is 0.286. The largest absolute Gasteiger partial charge is 0.437 e. The monoisotopic (exact) mass is 460 g/mol. The third kappa shape index (κ3) is 4.63. The van der Waals surface area contributed by atoms with E-state index < -0.39 is 21.6 Å². The van der Waals surface area contributed by atoms with Crippen LogP contribution in [0.4, 0.5) is 4.39 Å². The minimum absolute atomic E-state index is 0.00117. The molecule has 0 aliphatic carbocycles. The van der Waals surface area contributed by atoms with Gasteiger partial charge in [0.25, 0.3) is 0 Å². The van der Waals surface area contributed by atoms with Crippen LogP contribution in [0.15, 0.2) is 68.7 Å². The second-order valence-electron chi connectivity index (χ2n) is 7.29. The second kappa shape index (κ2) is 9.05. The first-order valence-electron chi connectivity index (χ1n) is 10.0. The Balaban J connectivity index is 1.43. The van der Waals surface area contributed by atoms with Gasteiger partial charge in [-0.3, -0.25) is 4.79 Å². The number of carbonyl (C=O) groups excluding carboxylic acids is 1. The minimum Gasteiger partial charge on any atom is -0.388 e. The van der Waals surface area contributed by atoms with Crippen LogP contribution in [0.2, 0.25) is 0 Å². The van der Waals surface area contributed by atoms with Crippen LogP contribution in [0.3, 0.4) is 0 Å². The highest BCUT2D eigenvalue weighted by Gasteiger charge is 2.28. The first-order chi connectivity index (χ1) is 15.3. The lowest BCUT2D eigenvalue weighted by molar-refractivity contribution is -0.132. The van der Waals surface area contributed by atoms with Gasteiger partial charge in [-0.15, -0.1) is 5.10 Å². The van der Waals surface area contributed by atoms with Crippen LogP contribution in [0.25, 0.3) is 11.5 Å². The van der Waals surface area contributed by atoms with Crippen molar-refractivity contribution < 1.29 is 22.0 Å². The minimum atomic E-state index is -3.80. The number of aromatic nitrogens is 2. The molecule has 0 unspecified atom stereocenters. The van der Waals surface area contributed by atoms with Crippen LogP contribution >= 0.6 is 0 Å². The summed E-state index contributed by atoms with van der Waals surface area (Å²) in [6.45, 7) is 0.518. The lowest BCUT2D eigenvalue weighted by Gasteiger charge is -2.21. The van der Waals surface area contributed by atoms with E-state index in [4.69, 9.17) is 4.42 Å². The van der Waals surface area contributed by atoms with Gasteiger partial charge in [-0.2, -0.15) is 8.99 Å². The fourth-order valence-electron chi connectivity index (χ4n) is 3.47. The summed E-state index contributed by atoms with van der Waals surface area (Å²) < 4.78 is 46.2. The topological polar surface area (TPSA) is 106 Å². The summed E-state index contributed by atoms with van der Waals surface area (Å²) in [6, 6.07) is 13.5. The molecule has 168 valence electrons. The fourth-order valence-corrected chi connectivity index (χ4v) is 4.94. The molecule has 1 aromatic heterocycles. The van der Waals surface area contributed by atoms with Crippen LogP contribution in [-0.4, -0.2) is 59.5 Å². The SMILES string of the molecule is O=C(Cn1nc(-c2ccccc2)oc1=O)N1CCCN(S(=O)(=O)c2ccc(F)cc2)CC1. The van der Waals surface area contributed by atoms with Gasteiger partial charge < -0.3 is 9.32 Å². The molecule has 1 amide bonds. The Kier molecular flexibility index (Phi) is 6.19. The summed E-state index contributed by atoms with van der Waals surface area (Å²) in [5.41, 5.74) is 0.618. The van der Waals surface area contributed by atoms with E-state index in [9.17, 15) is 22.4 Å². The number of halogens is 1. The molecule has 2 aromatic carbocycles. The van der Waals surface area contributed by atoms with E-state index in [1.54, 1.807) is 24.3 Å². The highest BCUT2D eigenvalue weighted by atomic mass is 32.2. The van der Waals surface area contributed by atoms with E-state index in [0.717, 1.165) is 16.8 Å². The van der Waals surface area contributed by atoms with Crippen LogP contribution < -0.4 is 5.76 Å². The van der Waals surface area contributed by atoms with E-state index in [1.165, 1.54) is 21.3 Å². The summed E-state index contributed by atoms with van der Waals surface area (Å²) in [5.74, 6) is -1.50. The van der Waals surface area contributed by atoms with E-state index in [0.29, 0.717) is 18.5 Å². The number of hydrogen-bond acceptors (Lipinski definition) is 6. The quantitative estimate of drug-likeness (QED) is 0.572. The molecule has 4 rings (SSSR count). The summed E-state index contributed by atoms with van der Waals surface area (Å²) in [7, 11) is -3.80. The van der Waals surface area contributed by atoms with Crippen molar-refractivity contribution in [1.82, 2.24) is 19.0 Å². The van der Waals surface area contributed by atoms with Crippen molar-refractivity contribution in [3.05, 3.63) is 71.0 Å². The summed E-state index contributed by atoms with van der Waals surface area (Å²) in [6.07, 6.45) is 0.426. The molecule has 1 aliphatic rings. The van der Waals surface area contributed by atoms with Crippen LogP contribution in [0.1, 0.15) is 6.42 Å². The first-order valence-corrected chi connectivity index (χ1v) is 11.5. The highest BCUT2D eigenvalue weighted by Crippen LogP contribution is 2.18. The Hall–Kier alpha value is -3.31. The van der Waals surface area contributed by atoms with E-state index in [-0.39, 0.29) is 42.9 Å². The number of benzene rings is 2. The van der Waals surface area contributed by atoms with Crippen LogP contribution in [0.5, 0.6) is 0 Å². The normalized spacial score (nSPS) is 15.5. The summed E-state index contributed by atoms with van der Waals surface area (Å²) in [5, 5.41) is 4.09. The van der Waals surface area contributed by atoms with Gasteiger partial charge in [-0.1, -0.05) is 18.2 Å². The standard InChI is InChI=1S/C21H21FN4O5S/c22-17-7-9-18(10-8-17)32(29,30)25-12-4-11-24(13-14-25)19(27)15-26-21(28)31-20(23-26)16-5-2-1-3-6-16/h1-3,5-10H,4,11-15H2. The van der Waals surface area contributed by atoms with Gasteiger partial charge in [-0.05, 0) is 42.8 Å². The Morgan fingerprint density at radius 2 is 1.72 bits per heavy atom. The predicted molar refractivity (Wildman–Crippen MR) is 113 cm³/mol. The Morgan fingerprint density at radius 3 is 2.44 bits per heavy atom. The summed E-state index contributed by atoms with van der Waals surface area (Å²) in [4.78, 5) is 26.4. The lowest BCUT2D eigenvalue weighted by Crippen LogP contribution is -2.39. The zero-order valence-electron chi connectivity index (χ0n) is 17.1. The van der Waals surface area contributed by atoms with Crippen molar-refractivity contribution >= 4 is 15.9 Å². The average molecular weight is 460 g/mol. The van der Waals surface area contributed by atoms with Gasteiger partial charge in [0.15, 0.2) is 0 Å². The first kappa shape index (κ1) is 21.9. The molecule has 1 aliphatic heterocycles. The number of carbonyl (C=O) groups is 1. The smallest absolute Gasteiger partial charge is 0.388 e. The molecule has 9 nitrogen and oxygen atoms in total. The molecule has 1 fully saturated rings. The molecule has 32 heavy (non-hydrogen) atoms. The Bertz CT molecular complexity index is 1260. The zero-order valence-corrected chi connectivity index (χ0v) is 17.9. The van der Waals surface area contributed by atoms with Crippen molar-refractivity contribution in [3.8, 4) is 11.5 Å². The van der Waals surface area contributed by atoms with Gasteiger partial charge >= 0.3 is 5.76 Å². The Morgan fingerprint density at radius 1 is 1.00 bits per heavy atom. The van der Waals surface area contributed by atoms with E-state index in [1.807, 2.05) is 6.07 Å². The molecule has 0 radical (unpaired) electrons. The molecule has 3 aromatic rings. The van der Waals surface area contributed by atoms with Gasteiger partial charge in [0.1, 0.15) is 12.4 Å². The van der Waals surface area contributed by atoms with Gasteiger partial charge in [-0.25, -0.2) is 17.6 Å². The maximum atomic E-state index is 13.1. The van der Waals surface area contributed by atoms with E-state index in [2.05, 4.69) is 5.10 Å². The Labute approximate surface area is 183 Å². The molecule has 0 atom stereocenters. The average Bonchev–Trinajstić information content (AvgIpc) is 2.99. The van der Waals surface area contributed by atoms with Gasteiger partial charge in [0, 0.05) is 31.7 Å². The van der Waals surface area contributed by atoms with Crippen molar-refractivity contribution in [1.29, 1.82) is 0 Å². The number of hydrogen-bond donors (Lipinski definition) is 0. The van der Waals surface area contributed by atoms with Crippen molar-refractivity contribution in [2.45, 2.75) is 17.9 Å². The number of sulfonamides is 1. The molecule has 2 heterocycles. The highest BCUT2D eigenvalue weighted by molar-refractivity contribution is 7.89.